The van der Waals surface area contributed by atoms with E-state index in [0.717, 1.165) is 0 Å². The van der Waals surface area contributed by atoms with E-state index in [1.54, 1.807) is 6.92 Å². The molecule has 0 aliphatic rings. The summed E-state index contributed by atoms with van der Waals surface area (Å²) in [4.78, 5) is 22.0. The molecule has 0 saturated carbocycles. The number of carbonyl (C=O) groups excluding carboxylic acids is 2. The normalized spacial score (nSPS) is 21.0. The zero-order chi connectivity index (χ0) is 16.6. The smallest absolute Gasteiger partial charge is 0.323 e. The van der Waals surface area contributed by atoms with Gasteiger partial charge in [-0.15, -0.1) is 0 Å². The highest BCUT2D eigenvalue weighted by atomic mass is 16.5. The number of ether oxygens (including phenoxy) is 1. The van der Waals surface area contributed by atoms with Crippen LogP contribution in [-0.4, -0.2) is 69.7 Å². The number of rotatable bonds is 10. The topological polar surface area (TPSA) is 150 Å². The van der Waals surface area contributed by atoms with Gasteiger partial charge in [-0.3, -0.25) is 4.79 Å². The lowest BCUT2D eigenvalue weighted by molar-refractivity contribution is -0.158. The monoisotopic (exact) mass is 294 g/mol. The first-order valence-electron chi connectivity index (χ1n) is 6.81. The van der Waals surface area contributed by atoms with Crippen LogP contribution in [-0.2, 0) is 14.3 Å². The average Bonchev–Trinajstić information content (AvgIpc) is 2.50. The second-order valence-corrected chi connectivity index (χ2v) is 4.67. The molecule has 0 aliphatic carbocycles. The minimum absolute atomic E-state index is 0.00951. The predicted molar refractivity (Wildman–Crippen MR) is 68.5 cm³/mol. The van der Waals surface area contributed by atoms with E-state index in [4.69, 9.17) is 11.3 Å². The highest BCUT2D eigenvalue weighted by Crippen LogP contribution is 2.09. The van der Waals surface area contributed by atoms with Crippen LogP contribution in [0.3, 0.4) is 0 Å². The Kier molecular flexibility index (Phi) is 7.63. The molecular formula is C12H23NO7. The molecule has 6 N–H and O–H groups in total. The molecule has 0 heterocycles. The van der Waals surface area contributed by atoms with E-state index < -0.39 is 43.0 Å². The van der Waals surface area contributed by atoms with Gasteiger partial charge in [-0.05, 0) is 5.92 Å². The molecule has 6 atom stereocenters. The molecule has 0 fully saturated rings. The van der Waals surface area contributed by atoms with Crippen molar-refractivity contribution < 1.29 is 36.2 Å². The van der Waals surface area contributed by atoms with Gasteiger partial charge in [0.2, 0.25) is 0 Å². The molecule has 8 heteroatoms. The molecule has 0 aromatic heterocycles. The van der Waals surface area contributed by atoms with Gasteiger partial charge in [-0.1, -0.05) is 20.3 Å². The van der Waals surface area contributed by atoms with Crippen molar-refractivity contribution in [2.24, 2.45) is 11.6 Å². The van der Waals surface area contributed by atoms with Crippen LogP contribution in [0.2, 0.25) is 1.41 Å². The number of esters is 1. The quantitative estimate of drug-likeness (QED) is 0.220. The number of aldehydes is 1. The van der Waals surface area contributed by atoms with Crippen molar-refractivity contribution in [1.29, 1.82) is 0 Å². The summed E-state index contributed by atoms with van der Waals surface area (Å²) in [6.07, 6.45) is -6.65. The Labute approximate surface area is 118 Å². The number of carbonyl (C=O) groups is 2. The molecule has 0 aromatic rings. The first-order valence-corrected chi connectivity index (χ1v) is 6.31. The van der Waals surface area contributed by atoms with Gasteiger partial charge in [0.05, 0.1) is 0 Å². The van der Waals surface area contributed by atoms with Crippen LogP contribution in [0.15, 0.2) is 0 Å². The summed E-state index contributed by atoms with van der Waals surface area (Å²) in [5.74, 6) is -0.949. The molecule has 0 aliphatic heterocycles. The molecule has 20 heavy (non-hydrogen) atoms. The first-order chi connectivity index (χ1) is 9.79. The standard InChI is InChI=1S/C12H23NO7/c1-3-6(2)9(13)12(19)20-5-8(16)11(18)10(17)7(15)4-14/h4,6-11,15-18H,3,5,13H2,1-2H3/t6-,7-,8+,9-,10+,11+/m0/s1/i/hD. The summed E-state index contributed by atoms with van der Waals surface area (Å²) < 4.78 is 11.8. The third-order valence-electron chi connectivity index (χ3n) is 3.10. The van der Waals surface area contributed by atoms with E-state index in [9.17, 15) is 24.9 Å². The minimum atomic E-state index is -1.89. The summed E-state index contributed by atoms with van der Waals surface area (Å²) in [7, 11) is 0. The Morgan fingerprint density at radius 3 is 2.40 bits per heavy atom. The lowest BCUT2D eigenvalue weighted by atomic mass is 10.0. The molecule has 0 aromatic carbocycles. The minimum Gasteiger partial charge on any atom is -0.462 e. The number of aliphatic hydroxyl groups excluding tert-OH is 4. The summed E-state index contributed by atoms with van der Waals surface area (Å²) in [5, 5.41) is 37.4. The molecule has 0 unspecified atom stereocenters. The van der Waals surface area contributed by atoms with E-state index >= 15 is 0 Å². The molecule has 118 valence electrons. The largest absolute Gasteiger partial charge is 0.462 e. The van der Waals surface area contributed by atoms with Crippen LogP contribution >= 0.6 is 0 Å². The molecule has 8 nitrogen and oxygen atoms in total. The van der Waals surface area contributed by atoms with Crippen LogP contribution < -0.4 is 5.73 Å². The summed E-state index contributed by atoms with van der Waals surface area (Å²) in [6, 6.07) is -0.884. The summed E-state index contributed by atoms with van der Waals surface area (Å²) >= 11 is 0. The fourth-order valence-electron chi connectivity index (χ4n) is 1.33. The van der Waals surface area contributed by atoms with Gasteiger partial charge in [-0.2, -0.15) is 0 Å². The van der Waals surface area contributed by atoms with Crippen LogP contribution in [0.4, 0.5) is 0 Å². The Morgan fingerprint density at radius 1 is 1.35 bits per heavy atom. The van der Waals surface area contributed by atoms with Gasteiger partial charge in [0, 0.05) is 0 Å². The van der Waals surface area contributed by atoms with Gasteiger partial charge >= 0.3 is 5.97 Å². The number of aliphatic hydroxyl groups is 4. The lowest BCUT2D eigenvalue weighted by Gasteiger charge is -2.24. The van der Waals surface area contributed by atoms with Crippen LogP contribution in [0.5, 0.6) is 0 Å². The first kappa shape index (κ1) is 17.0. The van der Waals surface area contributed by atoms with Crippen LogP contribution in [0.25, 0.3) is 0 Å². The van der Waals surface area contributed by atoms with E-state index in [0.29, 0.717) is 6.42 Å². The molecule has 0 radical (unpaired) electrons. The second kappa shape index (κ2) is 8.98. The Morgan fingerprint density at radius 2 is 1.95 bits per heavy atom. The van der Waals surface area contributed by atoms with Gasteiger partial charge in [0.25, 0.3) is 0 Å². The van der Waals surface area contributed by atoms with Crippen molar-refractivity contribution in [1.82, 2.24) is 0 Å². The van der Waals surface area contributed by atoms with Crippen LogP contribution in [0.1, 0.15) is 20.3 Å². The van der Waals surface area contributed by atoms with Gasteiger partial charge in [0.1, 0.15) is 38.5 Å². The third-order valence-corrected chi connectivity index (χ3v) is 3.10. The highest BCUT2D eigenvalue weighted by molar-refractivity contribution is 5.75. The van der Waals surface area contributed by atoms with Crippen molar-refractivity contribution in [3.8, 4) is 0 Å². The van der Waals surface area contributed by atoms with E-state index in [2.05, 4.69) is 5.73 Å². The van der Waals surface area contributed by atoms with Gasteiger partial charge in [-0.25, -0.2) is 0 Å². The molecule has 0 bridgehead atoms. The second-order valence-electron chi connectivity index (χ2n) is 4.67. The Bertz CT molecular complexity index is 331. The predicted octanol–water partition coefficient (Wildman–Crippen LogP) is -2.45. The molecular weight excluding hydrogens is 270 g/mol. The fourth-order valence-corrected chi connectivity index (χ4v) is 1.33. The van der Waals surface area contributed by atoms with Crippen molar-refractivity contribution in [3.05, 3.63) is 0 Å². The van der Waals surface area contributed by atoms with E-state index in [1.165, 1.54) is 0 Å². The van der Waals surface area contributed by atoms with Crippen molar-refractivity contribution in [2.45, 2.75) is 50.7 Å². The maximum atomic E-state index is 11.7. The fraction of sp³-hybridized carbons (Fsp3) is 0.833. The Balaban J connectivity index is 4.43. The van der Waals surface area contributed by atoms with E-state index in [-0.39, 0.29) is 12.2 Å². The average molecular weight is 294 g/mol. The summed E-state index contributed by atoms with van der Waals surface area (Å²) in [6.45, 7) is 2.93. The van der Waals surface area contributed by atoms with Crippen LogP contribution in [0, 0.1) is 5.92 Å². The third kappa shape index (κ3) is 5.51. The molecule has 0 spiro atoms. The van der Waals surface area contributed by atoms with Gasteiger partial charge in [0.15, 0.2) is 6.29 Å². The van der Waals surface area contributed by atoms with Crippen molar-refractivity contribution >= 4 is 12.3 Å². The lowest BCUT2D eigenvalue weighted by Crippen LogP contribution is -2.47. The maximum Gasteiger partial charge on any atom is 0.323 e. The number of hydrogen-bond donors (Lipinski definition) is 5. The van der Waals surface area contributed by atoms with E-state index in [1.807, 2.05) is 6.92 Å². The summed E-state index contributed by atoms with van der Waals surface area (Å²) in [5.41, 5.74) is 2.05. The molecule has 0 saturated heterocycles. The number of hydrogen-bond acceptors (Lipinski definition) is 8. The zero-order valence-corrected chi connectivity index (χ0v) is 11.5. The molecule has 0 amide bonds. The van der Waals surface area contributed by atoms with Crippen molar-refractivity contribution in [2.75, 3.05) is 6.61 Å². The molecule has 0 rings (SSSR count). The van der Waals surface area contributed by atoms with Crippen molar-refractivity contribution in [3.63, 3.8) is 0 Å². The Hall–Kier alpha value is -1.06. The SMILES string of the molecule is [2H]N[C@H](C(=O)OC[C@@H](O)[C@@H](O)[C@H](O)[C@@H](O)C=O)[C@@H](C)CC. The van der Waals surface area contributed by atoms with Gasteiger partial charge < -0.3 is 35.7 Å². The zero-order valence-electron chi connectivity index (χ0n) is 12.5. The highest BCUT2D eigenvalue weighted by Gasteiger charge is 2.31. The maximum absolute atomic E-state index is 11.7. The number of nitrogens with two attached hydrogens (primary N) is 1.